The van der Waals surface area contributed by atoms with Gasteiger partial charge >= 0.3 is 5.69 Å². The van der Waals surface area contributed by atoms with Gasteiger partial charge in [-0.1, -0.05) is 0 Å². The molecule has 0 saturated carbocycles. The van der Waals surface area contributed by atoms with Crippen molar-refractivity contribution < 1.29 is 15.3 Å². The molecule has 0 atom stereocenters. The Labute approximate surface area is 61.1 Å². The fourth-order valence-electron chi connectivity index (χ4n) is 0.717. The molecule has 1 rings (SSSR count). The van der Waals surface area contributed by atoms with Crippen molar-refractivity contribution in [2.24, 2.45) is 0 Å². The first-order chi connectivity index (χ1) is 4.91. The van der Waals surface area contributed by atoms with E-state index in [1.54, 1.807) is 0 Å². The van der Waals surface area contributed by atoms with Gasteiger partial charge in [0.2, 0.25) is 11.7 Å². The van der Waals surface area contributed by atoms with E-state index in [4.69, 9.17) is 15.3 Å². The summed E-state index contributed by atoms with van der Waals surface area (Å²) in [5.41, 5.74) is -1.03. The molecule has 0 saturated heterocycles. The maximum Gasteiger partial charge on any atom is 0.326 e. The van der Waals surface area contributed by atoms with E-state index in [-0.39, 0.29) is 5.69 Å². The number of imidazole rings is 1. The lowest BCUT2D eigenvalue weighted by Crippen LogP contribution is -2.21. The SMILES string of the molecule is CC(O)(O)c1[nH]c(=O)[nH]c1O. The molecule has 0 aromatic carbocycles. The third-order valence-corrected chi connectivity index (χ3v) is 1.18. The van der Waals surface area contributed by atoms with Crippen LogP contribution in [0.25, 0.3) is 0 Å². The van der Waals surface area contributed by atoms with Crippen molar-refractivity contribution in [3.05, 3.63) is 16.2 Å². The minimum Gasteiger partial charge on any atom is -0.493 e. The Bertz CT molecular complexity index is 305. The lowest BCUT2D eigenvalue weighted by Gasteiger charge is -2.12. The Morgan fingerprint density at radius 1 is 1.36 bits per heavy atom. The van der Waals surface area contributed by atoms with Crippen LogP contribution in [0.4, 0.5) is 0 Å². The largest absolute Gasteiger partial charge is 0.493 e. The molecule has 1 aromatic heterocycles. The van der Waals surface area contributed by atoms with Crippen molar-refractivity contribution in [1.82, 2.24) is 9.97 Å². The van der Waals surface area contributed by atoms with E-state index in [1.807, 2.05) is 9.97 Å². The fourth-order valence-corrected chi connectivity index (χ4v) is 0.717. The molecule has 0 amide bonds. The second kappa shape index (κ2) is 2.11. The van der Waals surface area contributed by atoms with E-state index in [1.165, 1.54) is 0 Å². The van der Waals surface area contributed by atoms with Crippen molar-refractivity contribution in [2.75, 3.05) is 0 Å². The Morgan fingerprint density at radius 2 is 1.91 bits per heavy atom. The van der Waals surface area contributed by atoms with Gasteiger partial charge in [-0.05, 0) is 6.92 Å². The summed E-state index contributed by atoms with van der Waals surface area (Å²) >= 11 is 0. The molecule has 5 N–H and O–H groups in total. The summed E-state index contributed by atoms with van der Waals surface area (Å²) in [6, 6.07) is 0. The summed E-state index contributed by atoms with van der Waals surface area (Å²) in [6.07, 6.45) is 0. The van der Waals surface area contributed by atoms with Gasteiger partial charge in [0.1, 0.15) is 5.69 Å². The fraction of sp³-hybridized carbons (Fsp3) is 0.400. The Balaban J connectivity index is 3.24. The minimum absolute atomic E-state index is 0.345. The van der Waals surface area contributed by atoms with Crippen LogP contribution in [-0.4, -0.2) is 25.3 Å². The average molecular weight is 160 g/mol. The molecule has 0 spiro atoms. The van der Waals surface area contributed by atoms with Crippen LogP contribution in [-0.2, 0) is 5.79 Å². The zero-order chi connectivity index (χ0) is 8.65. The molecule has 0 fully saturated rings. The molecule has 1 aromatic rings. The topological polar surface area (TPSA) is 109 Å². The van der Waals surface area contributed by atoms with E-state index >= 15 is 0 Å². The highest BCUT2D eigenvalue weighted by atomic mass is 16.5. The Morgan fingerprint density at radius 3 is 2.09 bits per heavy atom. The predicted molar refractivity (Wildman–Crippen MR) is 34.9 cm³/mol. The average Bonchev–Trinajstić information content (AvgIpc) is 2.08. The maximum atomic E-state index is 10.5. The number of aromatic amines is 2. The monoisotopic (exact) mass is 160 g/mol. The summed E-state index contributed by atoms with van der Waals surface area (Å²) in [6.45, 7) is 1.02. The lowest BCUT2D eigenvalue weighted by atomic mass is 10.2. The number of aromatic nitrogens is 2. The second-order valence-corrected chi connectivity index (χ2v) is 2.32. The van der Waals surface area contributed by atoms with Gasteiger partial charge in [0.05, 0.1) is 0 Å². The van der Waals surface area contributed by atoms with Crippen molar-refractivity contribution in [3.63, 3.8) is 0 Å². The molecule has 6 nitrogen and oxygen atoms in total. The van der Waals surface area contributed by atoms with Gasteiger partial charge in [-0.3, -0.25) is 4.98 Å². The smallest absolute Gasteiger partial charge is 0.326 e. The molecule has 0 unspecified atom stereocenters. The summed E-state index contributed by atoms with van der Waals surface area (Å²) < 4.78 is 0. The van der Waals surface area contributed by atoms with Gasteiger partial charge in [0.25, 0.3) is 0 Å². The van der Waals surface area contributed by atoms with Crippen LogP contribution in [0.1, 0.15) is 12.6 Å². The zero-order valence-electron chi connectivity index (χ0n) is 5.75. The van der Waals surface area contributed by atoms with Crippen LogP contribution >= 0.6 is 0 Å². The molecule has 0 radical (unpaired) electrons. The van der Waals surface area contributed by atoms with E-state index in [2.05, 4.69) is 0 Å². The molecule has 62 valence electrons. The van der Waals surface area contributed by atoms with Crippen molar-refractivity contribution in [1.29, 1.82) is 0 Å². The van der Waals surface area contributed by atoms with E-state index in [0.717, 1.165) is 6.92 Å². The van der Waals surface area contributed by atoms with Crippen LogP contribution in [0.15, 0.2) is 4.79 Å². The lowest BCUT2D eigenvalue weighted by molar-refractivity contribution is -0.156. The number of H-pyrrole nitrogens is 2. The van der Waals surface area contributed by atoms with Crippen LogP contribution in [0, 0.1) is 0 Å². The molecular formula is C5H8N2O4. The Kier molecular flexibility index (Phi) is 1.50. The molecule has 1 heterocycles. The number of aliphatic hydroxyl groups is 2. The zero-order valence-corrected chi connectivity index (χ0v) is 5.75. The number of aromatic hydroxyl groups is 1. The number of hydrogen-bond donors (Lipinski definition) is 5. The first-order valence-electron chi connectivity index (χ1n) is 2.87. The highest BCUT2D eigenvalue weighted by Crippen LogP contribution is 2.20. The highest BCUT2D eigenvalue weighted by molar-refractivity contribution is 5.19. The normalized spacial score (nSPS) is 11.9. The first kappa shape index (κ1) is 7.83. The molecule has 11 heavy (non-hydrogen) atoms. The van der Waals surface area contributed by atoms with Crippen LogP contribution < -0.4 is 5.69 Å². The Hall–Kier alpha value is -1.27. The number of rotatable bonds is 1. The maximum absolute atomic E-state index is 10.5. The molecule has 0 aliphatic heterocycles. The molecule has 6 heteroatoms. The summed E-state index contributed by atoms with van der Waals surface area (Å²) in [7, 11) is 0. The summed E-state index contributed by atoms with van der Waals surface area (Å²) in [5.74, 6) is -2.80. The quantitative estimate of drug-likeness (QED) is 0.324. The second-order valence-electron chi connectivity index (χ2n) is 2.32. The van der Waals surface area contributed by atoms with Crippen LogP contribution in [0.5, 0.6) is 5.88 Å². The van der Waals surface area contributed by atoms with Gasteiger partial charge < -0.3 is 20.3 Å². The molecular weight excluding hydrogens is 152 g/mol. The predicted octanol–water partition coefficient (Wildman–Crippen LogP) is -1.43. The van der Waals surface area contributed by atoms with Crippen molar-refractivity contribution in [2.45, 2.75) is 12.7 Å². The van der Waals surface area contributed by atoms with Crippen molar-refractivity contribution >= 4 is 0 Å². The van der Waals surface area contributed by atoms with Crippen LogP contribution in [0.2, 0.25) is 0 Å². The first-order valence-corrected chi connectivity index (χ1v) is 2.87. The van der Waals surface area contributed by atoms with Crippen LogP contribution in [0.3, 0.4) is 0 Å². The van der Waals surface area contributed by atoms with Gasteiger partial charge in [-0.2, -0.15) is 0 Å². The minimum atomic E-state index is -2.23. The third-order valence-electron chi connectivity index (χ3n) is 1.18. The molecule has 0 bridgehead atoms. The van der Waals surface area contributed by atoms with Gasteiger partial charge in [0, 0.05) is 0 Å². The van der Waals surface area contributed by atoms with Gasteiger partial charge in [-0.15, -0.1) is 0 Å². The third kappa shape index (κ3) is 1.41. The van der Waals surface area contributed by atoms with Gasteiger partial charge in [0.15, 0.2) is 0 Å². The van der Waals surface area contributed by atoms with Crippen molar-refractivity contribution in [3.8, 4) is 5.88 Å². The summed E-state index contributed by atoms with van der Waals surface area (Å²) in [4.78, 5) is 14.4. The number of nitrogens with one attached hydrogen (secondary N) is 2. The summed E-state index contributed by atoms with van der Waals surface area (Å²) in [5, 5.41) is 26.6. The molecule has 0 aliphatic rings. The highest BCUT2D eigenvalue weighted by Gasteiger charge is 2.25. The number of hydrogen-bond acceptors (Lipinski definition) is 4. The van der Waals surface area contributed by atoms with E-state index in [9.17, 15) is 4.79 Å². The standard InChI is InChI=1S/C5H8N2O4/c1-5(10,11)2-3(8)7-4(9)6-2/h8,10-11H,1H3,(H2,6,7,9). The van der Waals surface area contributed by atoms with Gasteiger partial charge in [-0.25, -0.2) is 4.79 Å². The molecule has 0 aliphatic carbocycles. The van der Waals surface area contributed by atoms with E-state index in [0.29, 0.717) is 0 Å². The van der Waals surface area contributed by atoms with E-state index < -0.39 is 17.4 Å².